The number of benzene rings is 3. The molecular formula is C34H46N2O3. The molecule has 5 rings (SSSR count). The Morgan fingerprint density at radius 3 is 1.33 bits per heavy atom. The first-order valence-corrected chi connectivity index (χ1v) is 15.0. The molecule has 0 unspecified atom stereocenters. The van der Waals surface area contributed by atoms with E-state index in [9.17, 15) is 15.3 Å². The van der Waals surface area contributed by atoms with Gasteiger partial charge in [-0.1, -0.05) is 70.6 Å². The van der Waals surface area contributed by atoms with E-state index in [0.29, 0.717) is 34.5 Å². The van der Waals surface area contributed by atoms with Crippen molar-refractivity contribution in [3.8, 4) is 39.5 Å². The van der Waals surface area contributed by atoms with Crippen LogP contribution in [0.4, 0.5) is 0 Å². The molecule has 2 saturated carbocycles. The van der Waals surface area contributed by atoms with E-state index in [1.807, 2.05) is 44.2 Å². The predicted molar refractivity (Wildman–Crippen MR) is 161 cm³/mol. The molecule has 0 radical (unpaired) electrons. The summed E-state index contributed by atoms with van der Waals surface area (Å²) in [5.41, 5.74) is 18.8. The van der Waals surface area contributed by atoms with Crippen molar-refractivity contribution < 1.29 is 15.3 Å². The maximum Gasteiger partial charge on any atom is 0.131 e. The van der Waals surface area contributed by atoms with Crippen molar-refractivity contribution in [2.45, 2.75) is 103 Å². The van der Waals surface area contributed by atoms with Crippen LogP contribution in [-0.2, 0) is 13.1 Å². The molecule has 5 heteroatoms. The van der Waals surface area contributed by atoms with Gasteiger partial charge in [-0.25, -0.2) is 0 Å². The number of aromatic hydroxyl groups is 3. The second kappa shape index (κ2) is 13.4. The van der Waals surface area contributed by atoms with Crippen LogP contribution in [0.3, 0.4) is 0 Å². The van der Waals surface area contributed by atoms with Crippen molar-refractivity contribution in [2.24, 2.45) is 11.5 Å². The zero-order chi connectivity index (χ0) is 27.9. The maximum atomic E-state index is 11.7. The molecule has 0 aromatic heterocycles. The number of phenols is 3. The molecule has 2 fully saturated rings. The normalized spacial score (nSPS) is 16.5. The first-order valence-electron chi connectivity index (χ1n) is 15.0. The molecule has 0 spiro atoms. The van der Waals surface area contributed by atoms with Gasteiger partial charge in [0.15, 0.2) is 0 Å². The van der Waals surface area contributed by atoms with E-state index >= 15 is 0 Å². The minimum absolute atomic E-state index is 0.174. The van der Waals surface area contributed by atoms with Gasteiger partial charge in [-0.05, 0) is 95.2 Å². The van der Waals surface area contributed by atoms with E-state index in [1.54, 1.807) is 12.1 Å². The van der Waals surface area contributed by atoms with E-state index in [0.717, 1.165) is 59.1 Å². The Morgan fingerprint density at radius 1 is 0.590 bits per heavy atom. The summed E-state index contributed by atoms with van der Waals surface area (Å²) in [4.78, 5) is 0. The molecule has 0 bridgehead atoms. The van der Waals surface area contributed by atoms with Crippen molar-refractivity contribution >= 4 is 0 Å². The third kappa shape index (κ3) is 6.10. The minimum atomic E-state index is 0.174. The molecule has 2 aliphatic carbocycles. The Balaban J connectivity index is 0.00000172. The van der Waals surface area contributed by atoms with Gasteiger partial charge in [0.1, 0.15) is 17.2 Å². The van der Waals surface area contributed by atoms with Crippen LogP contribution >= 0.6 is 0 Å². The van der Waals surface area contributed by atoms with Gasteiger partial charge in [0.05, 0.1) is 0 Å². The van der Waals surface area contributed by atoms with E-state index in [4.69, 9.17) is 11.5 Å². The molecule has 39 heavy (non-hydrogen) atoms. The first-order chi connectivity index (χ1) is 19.0. The average Bonchev–Trinajstić information content (AvgIpc) is 2.99. The fraction of sp³-hybridized carbons (Fsp3) is 0.471. The van der Waals surface area contributed by atoms with Gasteiger partial charge in [-0.3, -0.25) is 0 Å². The number of phenolic OH excluding ortho intramolecular Hbond substituents is 3. The molecule has 210 valence electrons. The summed E-state index contributed by atoms with van der Waals surface area (Å²) in [6.45, 7) is 4.52. The van der Waals surface area contributed by atoms with E-state index < -0.39 is 0 Å². The summed E-state index contributed by atoms with van der Waals surface area (Å²) in [6, 6.07) is 13.4. The Bertz CT molecular complexity index is 1160. The smallest absolute Gasteiger partial charge is 0.131 e. The lowest BCUT2D eigenvalue weighted by molar-refractivity contribution is 0.414. The quantitative estimate of drug-likeness (QED) is 0.221. The van der Waals surface area contributed by atoms with Crippen LogP contribution in [0.5, 0.6) is 17.2 Å². The molecule has 0 amide bonds. The Labute approximate surface area is 233 Å². The molecule has 0 atom stereocenters. The van der Waals surface area contributed by atoms with E-state index in [-0.39, 0.29) is 18.8 Å². The zero-order valence-corrected chi connectivity index (χ0v) is 23.7. The largest absolute Gasteiger partial charge is 0.508 e. The van der Waals surface area contributed by atoms with Crippen molar-refractivity contribution in [2.75, 3.05) is 0 Å². The fourth-order valence-corrected chi connectivity index (χ4v) is 6.60. The van der Waals surface area contributed by atoms with Crippen LogP contribution in [0.25, 0.3) is 22.3 Å². The molecule has 0 heterocycles. The number of hydrogen-bond donors (Lipinski definition) is 5. The Hall–Kier alpha value is -3.02. The fourth-order valence-electron chi connectivity index (χ4n) is 6.60. The molecule has 5 nitrogen and oxygen atoms in total. The highest BCUT2D eigenvalue weighted by Crippen LogP contribution is 2.46. The van der Waals surface area contributed by atoms with Gasteiger partial charge < -0.3 is 26.8 Å². The lowest BCUT2D eigenvalue weighted by Gasteiger charge is -2.25. The molecule has 0 saturated heterocycles. The number of hydrogen-bond acceptors (Lipinski definition) is 5. The van der Waals surface area contributed by atoms with Crippen molar-refractivity contribution in [3.63, 3.8) is 0 Å². The molecule has 0 aliphatic heterocycles. The topological polar surface area (TPSA) is 113 Å². The van der Waals surface area contributed by atoms with Crippen molar-refractivity contribution in [3.05, 3.63) is 64.7 Å². The molecule has 3 aromatic carbocycles. The van der Waals surface area contributed by atoms with Gasteiger partial charge in [-0.15, -0.1) is 0 Å². The summed E-state index contributed by atoms with van der Waals surface area (Å²) in [6.07, 6.45) is 11.4. The second-order valence-corrected chi connectivity index (χ2v) is 10.9. The molecule has 3 aromatic rings. The predicted octanol–water partition coefficient (Wildman–Crippen LogP) is 8.18. The van der Waals surface area contributed by atoms with E-state index in [2.05, 4.69) is 0 Å². The third-order valence-corrected chi connectivity index (χ3v) is 8.65. The SMILES string of the molecule is CC.NCc1cc(O)c(C2CCCCC2)cc1-c1cccc(-c2cc(C3CCCCC3)c(O)cc2CN)c1O. The summed E-state index contributed by atoms with van der Waals surface area (Å²) in [7, 11) is 0. The van der Waals surface area contributed by atoms with Crippen LogP contribution in [0.1, 0.15) is 112 Å². The molecular weight excluding hydrogens is 484 g/mol. The molecule has 7 N–H and O–H groups in total. The summed E-state index contributed by atoms with van der Waals surface area (Å²) in [5, 5.41) is 33.4. The number of rotatable bonds is 6. The van der Waals surface area contributed by atoms with Crippen molar-refractivity contribution in [1.29, 1.82) is 0 Å². The summed E-state index contributed by atoms with van der Waals surface area (Å²) in [5.74, 6) is 1.42. The van der Waals surface area contributed by atoms with Crippen molar-refractivity contribution in [1.82, 2.24) is 0 Å². The van der Waals surface area contributed by atoms with Crippen LogP contribution in [0.15, 0.2) is 42.5 Å². The summed E-state index contributed by atoms with van der Waals surface area (Å²) >= 11 is 0. The lowest BCUT2D eigenvalue weighted by Crippen LogP contribution is -2.08. The standard InChI is InChI=1S/C32H40N2O3.C2H6/c33-18-22-14-30(35)28(20-8-3-1-4-9-20)16-26(22)24-12-7-13-25(32(24)37)27-17-29(21-10-5-2-6-11-21)31(36)15-23(27)19-34;1-2/h7,12-17,20-21,35-37H,1-6,8-11,18-19,33-34H2;1-2H3. The lowest BCUT2D eigenvalue weighted by atomic mass is 9.81. The monoisotopic (exact) mass is 530 g/mol. The van der Waals surface area contributed by atoms with Crippen LogP contribution in [0, 0.1) is 0 Å². The number of nitrogens with two attached hydrogens (primary N) is 2. The minimum Gasteiger partial charge on any atom is -0.508 e. The Kier molecular flexibility index (Phi) is 9.93. The van der Waals surface area contributed by atoms with Gasteiger partial charge >= 0.3 is 0 Å². The maximum absolute atomic E-state index is 11.7. The van der Waals surface area contributed by atoms with Crippen LogP contribution < -0.4 is 11.5 Å². The van der Waals surface area contributed by atoms with E-state index in [1.165, 1.54) is 38.5 Å². The average molecular weight is 531 g/mol. The first kappa shape index (κ1) is 29.0. The van der Waals surface area contributed by atoms with Crippen LogP contribution in [0.2, 0.25) is 0 Å². The highest BCUT2D eigenvalue weighted by molar-refractivity contribution is 5.85. The highest BCUT2D eigenvalue weighted by atomic mass is 16.3. The van der Waals surface area contributed by atoms with Gasteiger partial charge in [0.2, 0.25) is 0 Å². The highest BCUT2D eigenvalue weighted by Gasteiger charge is 2.24. The van der Waals surface area contributed by atoms with Gasteiger partial charge in [0, 0.05) is 24.2 Å². The second-order valence-electron chi connectivity index (χ2n) is 10.9. The Morgan fingerprint density at radius 2 is 0.974 bits per heavy atom. The van der Waals surface area contributed by atoms with Gasteiger partial charge in [-0.2, -0.15) is 0 Å². The molecule has 2 aliphatic rings. The summed E-state index contributed by atoms with van der Waals surface area (Å²) < 4.78 is 0. The number of para-hydroxylation sites is 1. The van der Waals surface area contributed by atoms with Crippen LogP contribution in [-0.4, -0.2) is 15.3 Å². The third-order valence-electron chi connectivity index (χ3n) is 8.65. The van der Waals surface area contributed by atoms with Gasteiger partial charge in [0.25, 0.3) is 0 Å². The zero-order valence-electron chi connectivity index (χ0n) is 23.7.